The molecule has 0 amide bonds. The van der Waals surface area contributed by atoms with Crippen LogP contribution in [0.3, 0.4) is 0 Å². The standard InChI is InChI=1S/C15H18ClN3O/c1-10-11(2)19-15(14(16)18-10)17-9-8-12-6-4-5-7-13(12)20-3/h4-7H,8-9H2,1-3H3,(H,17,19). The third-order valence-electron chi connectivity index (χ3n) is 3.14. The lowest BCUT2D eigenvalue weighted by molar-refractivity contribution is 0.410. The molecule has 0 aliphatic carbocycles. The molecule has 0 saturated carbocycles. The van der Waals surface area contributed by atoms with Gasteiger partial charge in [0.2, 0.25) is 0 Å². The van der Waals surface area contributed by atoms with Crippen LogP contribution in [0.5, 0.6) is 5.75 Å². The quantitative estimate of drug-likeness (QED) is 0.917. The predicted octanol–water partition coefficient (Wildman–Crippen LogP) is 3.41. The number of nitrogens with one attached hydrogen (secondary N) is 1. The van der Waals surface area contributed by atoms with E-state index >= 15 is 0 Å². The summed E-state index contributed by atoms with van der Waals surface area (Å²) in [5, 5.41) is 3.63. The number of hydrogen-bond donors (Lipinski definition) is 1. The molecular formula is C15H18ClN3O. The van der Waals surface area contributed by atoms with E-state index in [1.165, 1.54) is 0 Å². The number of rotatable bonds is 5. The number of aromatic nitrogens is 2. The Balaban J connectivity index is 2.01. The van der Waals surface area contributed by atoms with Gasteiger partial charge in [0.1, 0.15) is 5.75 Å². The molecule has 0 saturated heterocycles. The van der Waals surface area contributed by atoms with Crippen LogP contribution in [0.2, 0.25) is 5.15 Å². The maximum absolute atomic E-state index is 6.08. The number of hydrogen-bond acceptors (Lipinski definition) is 4. The van der Waals surface area contributed by atoms with Gasteiger partial charge in [-0.3, -0.25) is 0 Å². The van der Waals surface area contributed by atoms with Crippen molar-refractivity contribution in [3.63, 3.8) is 0 Å². The molecule has 1 N–H and O–H groups in total. The molecule has 1 heterocycles. The summed E-state index contributed by atoms with van der Waals surface area (Å²) in [6.07, 6.45) is 0.828. The molecule has 2 aromatic rings. The first-order valence-electron chi connectivity index (χ1n) is 6.48. The number of aryl methyl sites for hydroxylation is 2. The molecule has 0 aliphatic heterocycles. The zero-order chi connectivity index (χ0) is 14.5. The summed E-state index contributed by atoms with van der Waals surface area (Å²) < 4.78 is 5.32. The number of methoxy groups -OCH3 is 1. The van der Waals surface area contributed by atoms with Crippen molar-refractivity contribution in [1.82, 2.24) is 9.97 Å². The van der Waals surface area contributed by atoms with E-state index in [1.54, 1.807) is 7.11 Å². The summed E-state index contributed by atoms with van der Waals surface area (Å²) in [6, 6.07) is 7.97. The number of para-hydroxylation sites is 1. The van der Waals surface area contributed by atoms with E-state index in [0.29, 0.717) is 11.0 Å². The SMILES string of the molecule is COc1ccccc1CCNc1nc(C)c(C)nc1Cl. The smallest absolute Gasteiger partial charge is 0.171 e. The molecule has 0 aliphatic rings. The van der Waals surface area contributed by atoms with Crippen molar-refractivity contribution in [3.8, 4) is 5.75 Å². The Kier molecular flexibility index (Phi) is 4.79. The van der Waals surface area contributed by atoms with Crippen LogP contribution < -0.4 is 10.1 Å². The zero-order valence-corrected chi connectivity index (χ0v) is 12.7. The van der Waals surface area contributed by atoms with Crippen LogP contribution in [0.1, 0.15) is 17.0 Å². The lowest BCUT2D eigenvalue weighted by Gasteiger charge is -2.11. The minimum Gasteiger partial charge on any atom is -0.496 e. The van der Waals surface area contributed by atoms with Crippen LogP contribution in [0, 0.1) is 13.8 Å². The van der Waals surface area contributed by atoms with Crippen LogP contribution in [-0.2, 0) is 6.42 Å². The summed E-state index contributed by atoms with van der Waals surface area (Å²) in [6.45, 7) is 4.54. The van der Waals surface area contributed by atoms with Gasteiger partial charge in [0.25, 0.3) is 0 Å². The predicted molar refractivity (Wildman–Crippen MR) is 81.7 cm³/mol. The van der Waals surface area contributed by atoms with Gasteiger partial charge in [-0.15, -0.1) is 0 Å². The van der Waals surface area contributed by atoms with Gasteiger partial charge in [0.15, 0.2) is 11.0 Å². The molecule has 4 nitrogen and oxygen atoms in total. The van der Waals surface area contributed by atoms with Crippen LogP contribution >= 0.6 is 11.6 Å². The van der Waals surface area contributed by atoms with Crippen molar-refractivity contribution in [3.05, 3.63) is 46.4 Å². The van der Waals surface area contributed by atoms with Crippen molar-refractivity contribution in [2.24, 2.45) is 0 Å². The normalized spacial score (nSPS) is 10.4. The van der Waals surface area contributed by atoms with E-state index < -0.39 is 0 Å². The largest absolute Gasteiger partial charge is 0.496 e. The van der Waals surface area contributed by atoms with Crippen molar-refractivity contribution in [2.75, 3.05) is 19.0 Å². The fourth-order valence-electron chi connectivity index (χ4n) is 1.91. The van der Waals surface area contributed by atoms with Gasteiger partial charge >= 0.3 is 0 Å². The Bertz CT molecular complexity index is 602. The van der Waals surface area contributed by atoms with Gasteiger partial charge in [0, 0.05) is 6.54 Å². The highest BCUT2D eigenvalue weighted by Gasteiger charge is 2.07. The van der Waals surface area contributed by atoms with E-state index in [0.717, 1.165) is 35.7 Å². The highest BCUT2D eigenvalue weighted by molar-refractivity contribution is 6.31. The third kappa shape index (κ3) is 3.39. The summed E-state index contributed by atoms with van der Waals surface area (Å²) in [5.41, 5.74) is 2.88. The van der Waals surface area contributed by atoms with E-state index in [2.05, 4.69) is 15.3 Å². The van der Waals surface area contributed by atoms with Crippen LogP contribution in [-0.4, -0.2) is 23.6 Å². The first-order chi connectivity index (χ1) is 9.61. The number of anilines is 1. The van der Waals surface area contributed by atoms with Crippen molar-refractivity contribution >= 4 is 17.4 Å². The van der Waals surface area contributed by atoms with Crippen molar-refractivity contribution in [1.29, 1.82) is 0 Å². The first kappa shape index (κ1) is 14.6. The molecule has 0 radical (unpaired) electrons. The monoisotopic (exact) mass is 291 g/mol. The Hall–Kier alpha value is -1.81. The second-order valence-corrected chi connectivity index (χ2v) is 4.88. The molecule has 2 rings (SSSR count). The molecule has 106 valence electrons. The molecule has 20 heavy (non-hydrogen) atoms. The van der Waals surface area contributed by atoms with Crippen LogP contribution in [0.15, 0.2) is 24.3 Å². The fraction of sp³-hybridized carbons (Fsp3) is 0.333. The lowest BCUT2D eigenvalue weighted by atomic mass is 10.1. The Morgan fingerprint density at radius 1 is 1.15 bits per heavy atom. The Morgan fingerprint density at radius 2 is 1.85 bits per heavy atom. The third-order valence-corrected chi connectivity index (χ3v) is 3.41. The van der Waals surface area contributed by atoms with Gasteiger partial charge in [-0.1, -0.05) is 29.8 Å². The number of halogens is 1. The van der Waals surface area contributed by atoms with Gasteiger partial charge in [-0.25, -0.2) is 9.97 Å². The van der Waals surface area contributed by atoms with Gasteiger partial charge in [-0.05, 0) is 31.9 Å². The highest BCUT2D eigenvalue weighted by Crippen LogP contribution is 2.20. The molecule has 5 heteroatoms. The topological polar surface area (TPSA) is 47.0 Å². The number of nitrogens with zero attached hydrogens (tertiary/aromatic N) is 2. The number of benzene rings is 1. The molecule has 0 unspecified atom stereocenters. The van der Waals surface area contributed by atoms with E-state index in [1.807, 2.05) is 38.1 Å². The van der Waals surface area contributed by atoms with Gasteiger partial charge in [0.05, 0.1) is 18.5 Å². The highest BCUT2D eigenvalue weighted by atomic mass is 35.5. The Labute approximate surface area is 124 Å². The fourth-order valence-corrected chi connectivity index (χ4v) is 2.15. The Morgan fingerprint density at radius 3 is 2.60 bits per heavy atom. The van der Waals surface area contributed by atoms with Gasteiger partial charge in [-0.2, -0.15) is 0 Å². The second kappa shape index (κ2) is 6.57. The molecule has 1 aromatic carbocycles. The molecule has 0 atom stereocenters. The molecular weight excluding hydrogens is 274 g/mol. The van der Waals surface area contributed by atoms with E-state index in [4.69, 9.17) is 16.3 Å². The molecule has 1 aromatic heterocycles. The van der Waals surface area contributed by atoms with Crippen molar-refractivity contribution < 1.29 is 4.74 Å². The average molecular weight is 292 g/mol. The van der Waals surface area contributed by atoms with Gasteiger partial charge < -0.3 is 10.1 Å². The van der Waals surface area contributed by atoms with Crippen LogP contribution in [0.4, 0.5) is 5.82 Å². The molecule has 0 bridgehead atoms. The minimum atomic E-state index is 0.410. The zero-order valence-electron chi connectivity index (χ0n) is 11.9. The van der Waals surface area contributed by atoms with E-state index in [-0.39, 0.29) is 0 Å². The summed E-state index contributed by atoms with van der Waals surface area (Å²) in [7, 11) is 1.68. The van der Waals surface area contributed by atoms with Crippen LogP contribution in [0.25, 0.3) is 0 Å². The second-order valence-electron chi connectivity index (χ2n) is 4.52. The lowest BCUT2D eigenvalue weighted by Crippen LogP contribution is -2.09. The maximum atomic E-state index is 6.08. The average Bonchev–Trinajstić information content (AvgIpc) is 2.45. The summed E-state index contributed by atoms with van der Waals surface area (Å²) in [4.78, 5) is 8.66. The van der Waals surface area contributed by atoms with Crippen molar-refractivity contribution in [2.45, 2.75) is 20.3 Å². The van der Waals surface area contributed by atoms with E-state index in [9.17, 15) is 0 Å². The minimum absolute atomic E-state index is 0.410. The summed E-state index contributed by atoms with van der Waals surface area (Å²) >= 11 is 6.08. The molecule has 0 fully saturated rings. The first-order valence-corrected chi connectivity index (χ1v) is 6.86. The number of ether oxygens (including phenoxy) is 1. The summed E-state index contributed by atoms with van der Waals surface area (Å²) in [5.74, 6) is 1.52. The maximum Gasteiger partial charge on any atom is 0.171 e. The molecule has 0 spiro atoms.